The molecule has 26 heavy (non-hydrogen) atoms. The van der Waals surface area contributed by atoms with Gasteiger partial charge in [-0.1, -0.05) is 35.3 Å². The Kier molecular flexibility index (Phi) is 5.54. The highest BCUT2D eigenvalue weighted by Gasteiger charge is 2.37. The van der Waals surface area contributed by atoms with Crippen LogP contribution in [0.25, 0.3) is 0 Å². The number of anilines is 1. The summed E-state index contributed by atoms with van der Waals surface area (Å²) >= 11 is 12.2. The molecule has 1 aliphatic rings. The molecule has 4 nitrogen and oxygen atoms in total. The number of benzene rings is 2. The molecule has 136 valence electrons. The first-order chi connectivity index (χ1) is 12.4. The Hall–Kier alpha value is -2.04. The fourth-order valence-corrected chi connectivity index (χ4v) is 3.64. The second-order valence-corrected chi connectivity index (χ2v) is 7.36. The van der Waals surface area contributed by atoms with E-state index in [0.717, 1.165) is 17.7 Å². The van der Waals surface area contributed by atoms with Gasteiger partial charge in [-0.3, -0.25) is 9.59 Å². The molecule has 1 unspecified atom stereocenters. The number of hydrogen-bond donors (Lipinski definition) is 0. The topological polar surface area (TPSA) is 40.6 Å². The number of amides is 2. The smallest absolute Gasteiger partial charge is 0.256 e. The number of aryl methyl sites for hydroxylation is 1. The SMILES string of the molecule is Cc1cccc(N(C)C(=O)C2CCCN2C(=O)c2cc(Cl)ccc2Cl)c1. The lowest BCUT2D eigenvalue weighted by Crippen LogP contribution is -2.46. The molecule has 1 heterocycles. The van der Waals surface area contributed by atoms with Crippen LogP contribution in [0.3, 0.4) is 0 Å². The fraction of sp³-hybridized carbons (Fsp3) is 0.300. The Labute approximate surface area is 163 Å². The van der Waals surface area contributed by atoms with E-state index in [-0.39, 0.29) is 11.8 Å². The van der Waals surface area contributed by atoms with E-state index in [0.29, 0.717) is 28.6 Å². The van der Waals surface area contributed by atoms with Crippen LogP contribution >= 0.6 is 23.2 Å². The highest BCUT2D eigenvalue weighted by atomic mass is 35.5. The predicted molar refractivity (Wildman–Crippen MR) is 105 cm³/mol. The molecule has 0 radical (unpaired) electrons. The summed E-state index contributed by atoms with van der Waals surface area (Å²) in [7, 11) is 1.74. The van der Waals surface area contributed by atoms with Gasteiger partial charge in [-0.05, 0) is 55.7 Å². The van der Waals surface area contributed by atoms with Gasteiger partial charge in [0, 0.05) is 24.3 Å². The van der Waals surface area contributed by atoms with Gasteiger partial charge in [0.2, 0.25) is 5.91 Å². The number of carbonyl (C=O) groups excluding carboxylic acids is 2. The van der Waals surface area contributed by atoms with Crippen molar-refractivity contribution in [1.82, 2.24) is 4.90 Å². The third-order valence-corrected chi connectivity index (χ3v) is 5.24. The number of nitrogens with zero attached hydrogens (tertiary/aromatic N) is 2. The maximum atomic E-state index is 13.0. The minimum absolute atomic E-state index is 0.0976. The molecule has 0 spiro atoms. The van der Waals surface area contributed by atoms with Crippen molar-refractivity contribution in [3.8, 4) is 0 Å². The summed E-state index contributed by atoms with van der Waals surface area (Å²) in [5.74, 6) is -0.356. The Balaban J connectivity index is 1.84. The molecule has 3 rings (SSSR count). The highest BCUT2D eigenvalue weighted by Crippen LogP contribution is 2.28. The first-order valence-corrected chi connectivity index (χ1v) is 9.24. The molecule has 2 aromatic carbocycles. The minimum atomic E-state index is -0.497. The van der Waals surface area contributed by atoms with Crippen LogP contribution in [0.5, 0.6) is 0 Å². The van der Waals surface area contributed by atoms with Crippen molar-refractivity contribution < 1.29 is 9.59 Å². The highest BCUT2D eigenvalue weighted by molar-refractivity contribution is 6.35. The van der Waals surface area contributed by atoms with Gasteiger partial charge < -0.3 is 9.80 Å². The van der Waals surface area contributed by atoms with Gasteiger partial charge in [-0.25, -0.2) is 0 Å². The van der Waals surface area contributed by atoms with Crippen molar-refractivity contribution in [3.63, 3.8) is 0 Å². The molecule has 0 saturated carbocycles. The summed E-state index contributed by atoms with van der Waals surface area (Å²) in [6.45, 7) is 2.51. The van der Waals surface area contributed by atoms with E-state index in [2.05, 4.69) is 0 Å². The molecule has 1 atom stereocenters. The third kappa shape index (κ3) is 3.71. The maximum absolute atomic E-state index is 13.0. The van der Waals surface area contributed by atoms with E-state index in [1.54, 1.807) is 35.0 Å². The van der Waals surface area contributed by atoms with Gasteiger partial charge in [0.1, 0.15) is 6.04 Å². The van der Waals surface area contributed by atoms with E-state index in [9.17, 15) is 9.59 Å². The standard InChI is InChI=1S/C20H20Cl2N2O2/c1-13-5-3-6-15(11-13)23(2)20(26)18-7-4-10-24(18)19(25)16-12-14(21)8-9-17(16)22/h3,5-6,8-9,11-12,18H,4,7,10H2,1-2H3. The van der Waals surface area contributed by atoms with Gasteiger partial charge in [0.05, 0.1) is 10.6 Å². The normalized spacial score (nSPS) is 16.6. The predicted octanol–water partition coefficient (Wildman–Crippen LogP) is 4.57. The third-order valence-electron chi connectivity index (χ3n) is 4.68. The minimum Gasteiger partial charge on any atom is -0.327 e. The molecule has 2 aromatic rings. The van der Waals surface area contributed by atoms with Crippen LogP contribution in [0.4, 0.5) is 5.69 Å². The van der Waals surface area contributed by atoms with Crippen LogP contribution in [0.1, 0.15) is 28.8 Å². The van der Waals surface area contributed by atoms with Crippen molar-refractivity contribution in [2.24, 2.45) is 0 Å². The van der Waals surface area contributed by atoms with Crippen LogP contribution in [0.2, 0.25) is 10.0 Å². The maximum Gasteiger partial charge on any atom is 0.256 e. The van der Waals surface area contributed by atoms with Crippen LogP contribution in [-0.2, 0) is 4.79 Å². The largest absolute Gasteiger partial charge is 0.327 e. The molecule has 2 amide bonds. The van der Waals surface area contributed by atoms with Crippen molar-refractivity contribution in [1.29, 1.82) is 0 Å². The van der Waals surface area contributed by atoms with Crippen LogP contribution in [0.15, 0.2) is 42.5 Å². The summed E-state index contributed by atoms with van der Waals surface area (Å²) < 4.78 is 0. The molecule has 6 heteroatoms. The summed E-state index contributed by atoms with van der Waals surface area (Å²) in [6, 6.07) is 12.0. The lowest BCUT2D eigenvalue weighted by molar-refractivity contribution is -0.121. The number of likely N-dealkylation sites (N-methyl/N-ethyl adjacent to an activating group) is 1. The van der Waals surface area contributed by atoms with Crippen LogP contribution in [-0.4, -0.2) is 36.3 Å². The van der Waals surface area contributed by atoms with E-state index in [1.165, 1.54) is 0 Å². The second-order valence-electron chi connectivity index (χ2n) is 6.52. The fourth-order valence-electron chi connectivity index (χ4n) is 3.27. The van der Waals surface area contributed by atoms with Crippen LogP contribution in [0, 0.1) is 6.92 Å². The first kappa shape index (κ1) is 18.7. The Morgan fingerprint density at radius 3 is 2.65 bits per heavy atom. The number of carbonyl (C=O) groups is 2. The van der Waals surface area contributed by atoms with Crippen LogP contribution < -0.4 is 4.90 Å². The van der Waals surface area contributed by atoms with Crippen molar-refractivity contribution in [2.45, 2.75) is 25.8 Å². The Morgan fingerprint density at radius 1 is 1.15 bits per heavy atom. The molecular formula is C20H20Cl2N2O2. The Morgan fingerprint density at radius 2 is 1.92 bits per heavy atom. The first-order valence-electron chi connectivity index (χ1n) is 8.48. The molecule has 0 bridgehead atoms. The molecule has 0 aromatic heterocycles. The van der Waals surface area contributed by atoms with Crippen molar-refractivity contribution >= 4 is 40.7 Å². The molecule has 0 N–H and O–H groups in total. The second kappa shape index (κ2) is 7.68. The van der Waals surface area contributed by atoms with Gasteiger partial charge in [0.25, 0.3) is 5.91 Å². The van der Waals surface area contributed by atoms with Crippen molar-refractivity contribution in [2.75, 3.05) is 18.5 Å². The molecule has 1 saturated heterocycles. The number of halogens is 2. The van der Waals surface area contributed by atoms with E-state index < -0.39 is 6.04 Å². The summed E-state index contributed by atoms with van der Waals surface area (Å²) in [6.07, 6.45) is 1.42. The van der Waals surface area contributed by atoms with Gasteiger partial charge in [-0.2, -0.15) is 0 Å². The molecular weight excluding hydrogens is 371 g/mol. The molecule has 1 fully saturated rings. The van der Waals surface area contributed by atoms with Gasteiger partial charge in [-0.15, -0.1) is 0 Å². The average molecular weight is 391 g/mol. The van der Waals surface area contributed by atoms with Gasteiger partial charge in [0.15, 0.2) is 0 Å². The quantitative estimate of drug-likeness (QED) is 0.769. The zero-order chi connectivity index (χ0) is 18.8. The average Bonchev–Trinajstić information content (AvgIpc) is 3.11. The van der Waals surface area contributed by atoms with Crippen molar-refractivity contribution in [3.05, 3.63) is 63.6 Å². The Bertz CT molecular complexity index is 853. The molecule has 0 aliphatic carbocycles. The van der Waals surface area contributed by atoms with E-state index in [4.69, 9.17) is 23.2 Å². The summed E-state index contributed by atoms with van der Waals surface area (Å²) in [4.78, 5) is 29.2. The number of hydrogen-bond acceptors (Lipinski definition) is 2. The lowest BCUT2D eigenvalue weighted by atomic mass is 10.1. The summed E-state index contributed by atoms with van der Waals surface area (Å²) in [5, 5.41) is 0.779. The van der Waals surface area contributed by atoms with Gasteiger partial charge >= 0.3 is 0 Å². The monoisotopic (exact) mass is 390 g/mol. The number of likely N-dealkylation sites (tertiary alicyclic amines) is 1. The van der Waals surface area contributed by atoms with E-state index >= 15 is 0 Å². The summed E-state index contributed by atoms with van der Waals surface area (Å²) in [5.41, 5.74) is 2.22. The molecule has 1 aliphatic heterocycles. The van der Waals surface area contributed by atoms with E-state index in [1.807, 2.05) is 31.2 Å². The number of rotatable bonds is 3. The zero-order valence-electron chi connectivity index (χ0n) is 14.7. The lowest BCUT2D eigenvalue weighted by Gasteiger charge is -2.28. The zero-order valence-corrected chi connectivity index (χ0v) is 16.2.